The minimum atomic E-state index is -0.162. The number of nitrogens with one attached hydrogen (secondary N) is 1. The number of rotatable bonds is 3. The molecule has 4 rings (SSSR count). The Hall–Kier alpha value is -0.830. The maximum atomic E-state index is 10.3. The minimum absolute atomic E-state index is 0.162. The van der Waals surface area contributed by atoms with Crippen LogP contribution in [0.1, 0.15) is 25.1 Å². The molecular formula is C13H18N2O. The smallest absolute Gasteiger partial charge is 0.108 e. The van der Waals surface area contributed by atoms with Gasteiger partial charge in [0.2, 0.25) is 0 Å². The van der Waals surface area contributed by atoms with Gasteiger partial charge in [-0.3, -0.25) is 0 Å². The van der Waals surface area contributed by atoms with Crippen molar-refractivity contribution in [3.63, 3.8) is 0 Å². The van der Waals surface area contributed by atoms with Gasteiger partial charge >= 0.3 is 0 Å². The number of aromatic amines is 1. The first-order valence-corrected chi connectivity index (χ1v) is 6.51. The Morgan fingerprint density at radius 2 is 2.12 bits per heavy atom. The predicted octanol–water partition coefficient (Wildman–Crippen LogP) is 1.61. The molecule has 2 bridgehead atoms. The van der Waals surface area contributed by atoms with Crippen molar-refractivity contribution in [3.8, 4) is 0 Å². The standard InChI is InChI=1S/C13H18N2O/c16-9(6-10-14-3-4-15-10)13-11-7-1-2-8(5-7)12(11)13/h3-4,7-9,11-13,16H,1-2,5-6H2,(H,14,15). The first-order valence-electron chi connectivity index (χ1n) is 6.51. The fraction of sp³-hybridized carbons (Fsp3) is 0.769. The molecule has 3 nitrogen and oxygen atoms in total. The Morgan fingerprint density at radius 1 is 1.38 bits per heavy atom. The number of hydrogen-bond donors (Lipinski definition) is 2. The van der Waals surface area contributed by atoms with Crippen LogP contribution in [-0.2, 0) is 6.42 Å². The van der Waals surface area contributed by atoms with E-state index in [1.165, 1.54) is 19.3 Å². The van der Waals surface area contributed by atoms with Gasteiger partial charge < -0.3 is 10.1 Å². The second-order valence-electron chi connectivity index (χ2n) is 5.87. The fourth-order valence-corrected chi connectivity index (χ4v) is 4.65. The van der Waals surface area contributed by atoms with Gasteiger partial charge in [0.05, 0.1) is 6.10 Å². The molecule has 3 heteroatoms. The molecule has 1 aromatic rings. The maximum Gasteiger partial charge on any atom is 0.108 e. The molecule has 1 aromatic heterocycles. The Labute approximate surface area is 95.3 Å². The van der Waals surface area contributed by atoms with Gasteiger partial charge in [-0.2, -0.15) is 0 Å². The summed E-state index contributed by atoms with van der Waals surface area (Å²) >= 11 is 0. The van der Waals surface area contributed by atoms with Crippen LogP contribution in [0, 0.1) is 29.6 Å². The number of fused-ring (bicyclic) bond motifs is 5. The molecule has 3 aliphatic rings. The summed E-state index contributed by atoms with van der Waals surface area (Å²) in [5.74, 6) is 5.16. The van der Waals surface area contributed by atoms with E-state index in [-0.39, 0.29) is 6.10 Å². The van der Waals surface area contributed by atoms with Gasteiger partial charge in [-0.05, 0) is 48.9 Å². The molecule has 0 aromatic carbocycles. The lowest BCUT2D eigenvalue weighted by Gasteiger charge is -2.13. The molecule has 5 atom stereocenters. The summed E-state index contributed by atoms with van der Waals surface area (Å²) < 4.78 is 0. The van der Waals surface area contributed by atoms with E-state index in [4.69, 9.17) is 0 Å². The van der Waals surface area contributed by atoms with E-state index >= 15 is 0 Å². The van der Waals surface area contributed by atoms with Crippen LogP contribution in [0.15, 0.2) is 12.4 Å². The van der Waals surface area contributed by atoms with E-state index in [9.17, 15) is 5.11 Å². The molecule has 3 fully saturated rings. The second kappa shape index (κ2) is 3.10. The summed E-state index contributed by atoms with van der Waals surface area (Å²) in [5, 5.41) is 10.3. The third-order valence-electron chi connectivity index (χ3n) is 5.20. The van der Waals surface area contributed by atoms with E-state index < -0.39 is 0 Å². The van der Waals surface area contributed by atoms with Gasteiger partial charge in [0, 0.05) is 18.8 Å². The van der Waals surface area contributed by atoms with Crippen LogP contribution in [0.5, 0.6) is 0 Å². The van der Waals surface area contributed by atoms with Crippen LogP contribution in [0.25, 0.3) is 0 Å². The molecule has 0 amide bonds. The first kappa shape index (κ1) is 9.23. The van der Waals surface area contributed by atoms with Crippen LogP contribution in [-0.4, -0.2) is 21.2 Å². The Balaban J connectivity index is 1.45. The molecule has 0 aliphatic heterocycles. The SMILES string of the molecule is OC(Cc1ncc[nH]1)C1C2C3CCC(C3)C12. The van der Waals surface area contributed by atoms with Crippen molar-refractivity contribution in [2.24, 2.45) is 29.6 Å². The number of aromatic nitrogens is 2. The fourth-order valence-electron chi connectivity index (χ4n) is 4.65. The highest BCUT2D eigenvalue weighted by atomic mass is 16.3. The quantitative estimate of drug-likeness (QED) is 0.809. The van der Waals surface area contributed by atoms with Crippen LogP contribution >= 0.6 is 0 Å². The predicted molar refractivity (Wildman–Crippen MR) is 59.6 cm³/mol. The maximum absolute atomic E-state index is 10.3. The van der Waals surface area contributed by atoms with Gasteiger partial charge in [0.1, 0.15) is 5.82 Å². The zero-order chi connectivity index (χ0) is 10.7. The van der Waals surface area contributed by atoms with Gasteiger partial charge in [0.15, 0.2) is 0 Å². The third-order valence-corrected chi connectivity index (χ3v) is 5.20. The van der Waals surface area contributed by atoms with Crippen molar-refractivity contribution < 1.29 is 5.11 Å². The Bertz CT molecular complexity index is 373. The van der Waals surface area contributed by atoms with E-state index in [0.29, 0.717) is 12.3 Å². The topological polar surface area (TPSA) is 48.9 Å². The number of hydrogen-bond acceptors (Lipinski definition) is 2. The highest BCUT2D eigenvalue weighted by Gasteiger charge is 2.66. The second-order valence-corrected chi connectivity index (χ2v) is 5.87. The number of aliphatic hydroxyl groups excluding tert-OH is 1. The molecule has 0 saturated heterocycles. The largest absolute Gasteiger partial charge is 0.392 e. The van der Waals surface area contributed by atoms with Gasteiger partial charge in [-0.15, -0.1) is 0 Å². The van der Waals surface area contributed by atoms with Gasteiger partial charge in [-0.1, -0.05) is 0 Å². The average molecular weight is 218 g/mol. The molecule has 0 spiro atoms. The van der Waals surface area contributed by atoms with E-state index in [1.807, 2.05) is 6.20 Å². The van der Waals surface area contributed by atoms with E-state index in [2.05, 4.69) is 9.97 Å². The zero-order valence-electron chi connectivity index (χ0n) is 9.34. The molecule has 1 heterocycles. The van der Waals surface area contributed by atoms with Gasteiger partial charge in [-0.25, -0.2) is 4.98 Å². The number of imidazole rings is 1. The Morgan fingerprint density at radius 3 is 2.75 bits per heavy atom. The lowest BCUT2D eigenvalue weighted by Crippen LogP contribution is -2.19. The molecule has 5 unspecified atom stereocenters. The molecule has 86 valence electrons. The highest BCUT2D eigenvalue weighted by Crippen LogP contribution is 2.70. The molecule has 2 N–H and O–H groups in total. The normalized spacial score (nSPS) is 45.7. The van der Waals surface area contributed by atoms with Gasteiger partial charge in [0.25, 0.3) is 0 Å². The molecule has 3 aliphatic carbocycles. The number of aliphatic hydroxyl groups is 1. The monoisotopic (exact) mass is 218 g/mol. The Kier molecular flexibility index (Phi) is 1.79. The van der Waals surface area contributed by atoms with Crippen molar-refractivity contribution in [3.05, 3.63) is 18.2 Å². The van der Waals surface area contributed by atoms with Crippen molar-refractivity contribution in [2.45, 2.75) is 31.8 Å². The third kappa shape index (κ3) is 1.15. The van der Waals surface area contributed by atoms with Crippen molar-refractivity contribution in [1.29, 1.82) is 0 Å². The summed E-state index contributed by atoms with van der Waals surface area (Å²) in [6.45, 7) is 0. The van der Waals surface area contributed by atoms with Crippen molar-refractivity contribution >= 4 is 0 Å². The van der Waals surface area contributed by atoms with Crippen LogP contribution in [0.3, 0.4) is 0 Å². The van der Waals surface area contributed by atoms with Crippen molar-refractivity contribution in [2.75, 3.05) is 0 Å². The number of H-pyrrole nitrogens is 1. The molecule has 16 heavy (non-hydrogen) atoms. The van der Waals surface area contributed by atoms with Crippen LogP contribution < -0.4 is 0 Å². The first-order chi connectivity index (χ1) is 7.84. The summed E-state index contributed by atoms with van der Waals surface area (Å²) in [4.78, 5) is 7.28. The lowest BCUT2D eigenvalue weighted by molar-refractivity contribution is 0.127. The van der Waals surface area contributed by atoms with Crippen molar-refractivity contribution in [1.82, 2.24) is 9.97 Å². The summed E-state index contributed by atoms with van der Waals surface area (Å²) in [6.07, 6.45) is 8.46. The zero-order valence-corrected chi connectivity index (χ0v) is 9.34. The van der Waals surface area contributed by atoms with Crippen LogP contribution in [0.4, 0.5) is 0 Å². The molecule has 3 saturated carbocycles. The molecular weight excluding hydrogens is 200 g/mol. The summed E-state index contributed by atoms with van der Waals surface area (Å²) in [6, 6.07) is 0. The van der Waals surface area contributed by atoms with E-state index in [1.54, 1.807) is 6.20 Å². The van der Waals surface area contributed by atoms with Crippen LogP contribution in [0.2, 0.25) is 0 Å². The summed E-state index contributed by atoms with van der Waals surface area (Å²) in [5.41, 5.74) is 0. The minimum Gasteiger partial charge on any atom is -0.392 e. The number of nitrogens with zero attached hydrogens (tertiary/aromatic N) is 1. The lowest BCUT2D eigenvalue weighted by atomic mass is 9.97. The average Bonchev–Trinajstić information content (AvgIpc) is 2.73. The highest BCUT2D eigenvalue weighted by molar-refractivity contribution is 5.15. The summed E-state index contributed by atoms with van der Waals surface area (Å²) in [7, 11) is 0. The molecule has 0 radical (unpaired) electrons. The van der Waals surface area contributed by atoms with E-state index in [0.717, 1.165) is 29.5 Å².